The van der Waals surface area contributed by atoms with Gasteiger partial charge in [0.05, 0.1) is 12.1 Å². The second-order valence-electron chi connectivity index (χ2n) is 11.8. The van der Waals surface area contributed by atoms with Crippen molar-refractivity contribution in [3.8, 4) is 0 Å². The molecule has 0 unspecified atom stereocenters. The SMILES string of the molecule is Cc1cc(CC(=O)N2CCC[C@H]2C(=O)Nc2ccc(C=Cc3ccc(NC(=O)[C@@H]4CCCN4C(=O)C(C)C)cc3)cc2)on1. The zero-order valence-electron chi connectivity index (χ0n) is 25.4. The second kappa shape index (κ2) is 13.7. The fraction of sp³-hybridized carbons (Fsp3) is 0.382. The number of benzene rings is 2. The number of nitrogens with zero attached hydrogens (tertiary/aromatic N) is 3. The Morgan fingerprint density at radius 2 is 1.34 bits per heavy atom. The van der Waals surface area contributed by atoms with Gasteiger partial charge in [-0.25, -0.2) is 0 Å². The van der Waals surface area contributed by atoms with Crippen LogP contribution >= 0.6 is 0 Å². The molecule has 2 aromatic carbocycles. The van der Waals surface area contributed by atoms with Crippen molar-refractivity contribution in [2.75, 3.05) is 23.7 Å². The summed E-state index contributed by atoms with van der Waals surface area (Å²) >= 11 is 0. The number of carbonyl (C=O) groups excluding carboxylic acids is 4. The van der Waals surface area contributed by atoms with Crippen LogP contribution in [0.3, 0.4) is 0 Å². The number of aromatic nitrogens is 1. The molecule has 2 aliphatic heterocycles. The lowest BCUT2D eigenvalue weighted by molar-refractivity contribution is -0.139. The first-order chi connectivity index (χ1) is 21.2. The van der Waals surface area contributed by atoms with Crippen molar-refractivity contribution >= 4 is 47.2 Å². The highest BCUT2D eigenvalue weighted by Gasteiger charge is 2.35. The molecule has 4 amide bonds. The number of hydrogen-bond acceptors (Lipinski definition) is 6. The molecule has 2 N–H and O–H groups in total. The monoisotopic (exact) mass is 597 g/mol. The largest absolute Gasteiger partial charge is 0.361 e. The van der Waals surface area contributed by atoms with E-state index in [0.29, 0.717) is 48.8 Å². The van der Waals surface area contributed by atoms with E-state index in [0.717, 1.165) is 24.0 Å². The van der Waals surface area contributed by atoms with Gasteiger partial charge in [-0.05, 0) is 68.0 Å². The molecule has 10 nitrogen and oxygen atoms in total. The molecule has 2 saturated heterocycles. The summed E-state index contributed by atoms with van der Waals surface area (Å²) in [4.78, 5) is 54.5. The first-order valence-electron chi connectivity index (χ1n) is 15.2. The van der Waals surface area contributed by atoms with Crippen LogP contribution in [0.4, 0.5) is 11.4 Å². The Hall–Kier alpha value is -4.73. The molecule has 2 aliphatic rings. The van der Waals surface area contributed by atoms with Crippen molar-refractivity contribution in [2.24, 2.45) is 5.92 Å². The molecule has 44 heavy (non-hydrogen) atoms. The molecular formula is C34H39N5O5. The first kappa shape index (κ1) is 30.7. The van der Waals surface area contributed by atoms with Gasteiger partial charge in [0.2, 0.25) is 23.6 Å². The molecule has 1 aromatic heterocycles. The lowest BCUT2D eigenvalue weighted by atomic mass is 10.1. The van der Waals surface area contributed by atoms with Crippen molar-refractivity contribution < 1.29 is 23.7 Å². The lowest BCUT2D eigenvalue weighted by Crippen LogP contribution is -2.44. The van der Waals surface area contributed by atoms with Gasteiger partial charge < -0.3 is 25.0 Å². The minimum Gasteiger partial charge on any atom is -0.361 e. The molecule has 0 spiro atoms. The molecular weight excluding hydrogens is 558 g/mol. The number of likely N-dealkylation sites (tertiary alicyclic amines) is 2. The molecule has 3 heterocycles. The quantitative estimate of drug-likeness (QED) is 0.338. The van der Waals surface area contributed by atoms with E-state index < -0.39 is 12.1 Å². The highest BCUT2D eigenvalue weighted by Crippen LogP contribution is 2.23. The molecule has 0 bridgehead atoms. The Kier molecular flexibility index (Phi) is 9.57. The average Bonchev–Trinajstić information content (AvgIpc) is 3.78. The number of hydrogen-bond donors (Lipinski definition) is 2. The van der Waals surface area contributed by atoms with Crippen LogP contribution in [0, 0.1) is 12.8 Å². The van der Waals surface area contributed by atoms with Crippen LogP contribution in [-0.4, -0.2) is 63.8 Å². The van der Waals surface area contributed by atoms with Gasteiger partial charge in [-0.15, -0.1) is 0 Å². The van der Waals surface area contributed by atoms with Crippen molar-refractivity contribution in [3.05, 3.63) is 77.2 Å². The third kappa shape index (κ3) is 7.42. The normalized spacial score (nSPS) is 18.3. The van der Waals surface area contributed by atoms with Crippen LogP contribution in [0.15, 0.2) is 59.1 Å². The molecule has 0 aliphatic carbocycles. The van der Waals surface area contributed by atoms with Crippen LogP contribution in [0.25, 0.3) is 12.2 Å². The van der Waals surface area contributed by atoms with Gasteiger partial charge in [0.25, 0.3) is 0 Å². The molecule has 5 rings (SSSR count). The van der Waals surface area contributed by atoms with Crippen LogP contribution < -0.4 is 10.6 Å². The summed E-state index contributed by atoms with van der Waals surface area (Å²) in [5, 5.41) is 9.72. The van der Waals surface area contributed by atoms with Crippen molar-refractivity contribution in [1.29, 1.82) is 0 Å². The third-order valence-corrected chi connectivity index (χ3v) is 8.04. The first-order valence-corrected chi connectivity index (χ1v) is 15.2. The molecule has 0 saturated carbocycles. The van der Waals surface area contributed by atoms with Crippen molar-refractivity contribution in [1.82, 2.24) is 15.0 Å². The van der Waals surface area contributed by atoms with Gasteiger partial charge in [-0.2, -0.15) is 0 Å². The summed E-state index contributed by atoms with van der Waals surface area (Å²) in [6.45, 7) is 6.67. The minimum absolute atomic E-state index is 0.0145. The number of amides is 4. The van der Waals surface area contributed by atoms with Gasteiger partial charge in [0.1, 0.15) is 17.8 Å². The summed E-state index contributed by atoms with van der Waals surface area (Å²) in [6.07, 6.45) is 6.92. The average molecular weight is 598 g/mol. The third-order valence-electron chi connectivity index (χ3n) is 8.04. The lowest BCUT2D eigenvalue weighted by Gasteiger charge is -2.25. The Labute approximate surface area is 257 Å². The predicted octanol–water partition coefficient (Wildman–Crippen LogP) is 4.91. The van der Waals surface area contributed by atoms with Crippen LogP contribution in [0.2, 0.25) is 0 Å². The van der Waals surface area contributed by atoms with Gasteiger partial charge in [0, 0.05) is 36.4 Å². The fourth-order valence-electron chi connectivity index (χ4n) is 5.72. The summed E-state index contributed by atoms with van der Waals surface area (Å²) in [5.41, 5.74) is 3.98. The molecule has 230 valence electrons. The molecule has 2 fully saturated rings. The Balaban J connectivity index is 1.12. The van der Waals surface area contributed by atoms with Gasteiger partial charge in [0.15, 0.2) is 0 Å². The van der Waals surface area contributed by atoms with Gasteiger partial charge >= 0.3 is 0 Å². The second-order valence-corrected chi connectivity index (χ2v) is 11.8. The zero-order chi connectivity index (χ0) is 31.2. The summed E-state index contributed by atoms with van der Waals surface area (Å²) in [7, 11) is 0. The van der Waals surface area contributed by atoms with Gasteiger partial charge in [-0.1, -0.05) is 55.4 Å². The van der Waals surface area contributed by atoms with Crippen LogP contribution in [0.1, 0.15) is 62.1 Å². The summed E-state index contributed by atoms with van der Waals surface area (Å²) in [6, 6.07) is 15.8. The number of anilines is 2. The predicted molar refractivity (Wildman–Crippen MR) is 168 cm³/mol. The Morgan fingerprint density at radius 1 is 0.841 bits per heavy atom. The van der Waals surface area contributed by atoms with Crippen molar-refractivity contribution in [2.45, 2.75) is 65.0 Å². The van der Waals surface area contributed by atoms with E-state index in [-0.39, 0.29) is 36.0 Å². The maximum Gasteiger partial charge on any atom is 0.247 e. The minimum atomic E-state index is -0.515. The molecule has 3 aromatic rings. The molecule has 0 radical (unpaired) electrons. The van der Waals surface area contributed by atoms with E-state index >= 15 is 0 Å². The van der Waals surface area contributed by atoms with Crippen LogP contribution in [0.5, 0.6) is 0 Å². The number of rotatable bonds is 9. The standard InChI is InChI=1S/C34H39N5O5/c1-22(2)34(43)39-19-5-7-30(39)33(42)36-27-16-12-25(13-17-27)9-8-24-10-14-26(15-11-24)35-32(41)29-6-4-18-38(29)31(40)21-28-20-23(3)37-44-28/h8-17,20,22,29-30H,4-7,18-19,21H2,1-3H3,(H,35,41)(H,36,42)/t29-,30-/m0/s1. The highest BCUT2D eigenvalue weighted by atomic mass is 16.5. The van der Waals surface area contributed by atoms with Crippen LogP contribution in [-0.2, 0) is 25.6 Å². The fourth-order valence-corrected chi connectivity index (χ4v) is 5.72. The highest BCUT2D eigenvalue weighted by molar-refractivity contribution is 5.98. The maximum absolute atomic E-state index is 13.0. The molecule has 10 heteroatoms. The van der Waals surface area contributed by atoms with Crippen molar-refractivity contribution in [3.63, 3.8) is 0 Å². The Morgan fingerprint density at radius 3 is 1.82 bits per heavy atom. The van der Waals surface area contributed by atoms with E-state index in [1.165, 1.54) is 0 Å². The van der Waals surface area contributed by atoms with E-state index in [1.807, 2.05) is 74.5 Å². The number of nitrogens with one attached hydrogen (secondary N) is 2. The number of carbonyl (C=O) groups is 4. The summed E-state index contributed by atoms with van der Waals surface area (Å²) < 4.78 is 5.17. The maximum atomic E-state index is 13.0. The van der Waals surface area contributed by atoms with E-state index in [2.05, 4.69) is 15.8 Å². The van der Waals surface area contributed by atoms with Gasteiger partial charge in [-0.3, -0.25) is 19.2 Å². The van der Waals surface area contributed by atoms with E-state index in [1.54, 1.807) is 22.8 Å². The van der Waals surface area contributed by atoms with E-state index in [9.17, 15) is 19.2 Å². The smallest absolute Gasteiger partial charge is 0.247 e. The zero-order valence-corrected chi connectivity index (χ0v) is 25.4. The Bertz CT molecular complexity index is 1530. The summed E-state index contributed by atoms with van der Waals surface area (Å²) in [5.74, 6) is -0.121. The number of aryl methyl sites for hydroxylation is 1. The topological polar surface area (TPSA) is 125 Å². The molecule has 2 atom stereocenters. The van der Waals surface area contributed by atoms with E-state index in [4.69, 9.17) is 4.52 Å².